The largest absolute Gasteiger partial charge is 0.369 e. The van der Waals surface area contributed by atoms with Crippen LogP contribution in [0.3, 0.4) is 0 Å². The van der Waals surface area contributed by atoms with Crippen molar-refractivity contribution in [2.45, 2.75) is 26.3 Å². The molecule has 0 amide bonds. The Hall–Kier alpha value is -1.13. The lowest BCUT2D eigenvalue weighted by Gasteiger charge is -2.20. The summed E-state index contributed by atoms with van der Waals surface area (Å²) in [5.41, 5.74) is 0. The molecule has 98 valence electrons. The lowest BCUT2D eigenvalue weighted by Crippen LogP contribution is -2.28. The van der Waals surface area contributed by atoms with Gasteiger partial charge in [-0.05, 0) is 51.4 Å². The number of anilines is 1. The molecule has 0 aliphatic rings. The maximum absolute atomic E-state index is 4.41. The Bertz CT molecular complexity index is 492. The number of thiophene rings is 1. The van der Waals surface area contributed by atoms with E-state index in [1.54, 1.807) is 11.3 Å². The summed E-state index contributed by atoms with van der Waals surface area (Å²) in [4.78, 5) is 6.77. The molecule has 2 aromatic rings. The van der Waals surface area contributed by atoms with E-state index in [-0.39, 0.29) is 0 Å². The van der Waals surface area contributed by atoms with Crippen molar-refractivity contribution in [3.63, 3.8) is 0 Å². The zero-order chi connectivity index (χ0) is 13.0. The maximum atomic E-state index is 4.41. The van der Waals surface area contributed by atoms with Crippen molar-refractivity contribution in [3.05, 3.63) is 23.7 Å². The highest BCUT2D eigenvalue weighted by Gasteiger charge is 2.04. The molecule has 0 aliphatic carbocycles. The molecule has 0 bridgehead atoms. The SMILES string of the molecule is CC(C)N(C)CCCNc1nccc2sccc12. The number of pyridine rings is 1. The van der Waals surface area contributed by atoms with Gasteiger partial charge in [-0.1, -0.05) is 0 Å². The van der Waals surface area contributed by atoms with Crippen molar-refractivity contribution in [2.75, 3.05) is 25.5 Å². The number of fused-ring (bicyclic) bond motifs is 1. The first-order valence-corrected chi connectivity index (χ1v) is 7.33. The Labute approximate surface area is 113 Å². The number of nitrogens with one attached hydrogen (secondary N) is 1. The molecule has 4 heteroatoms. The van der Waals surface area contributed by atoms with Crippen molar-refractivity contribution in [2.24, 2.45) is 0 Å². The molecule has 0 aromatic carbocycles. The molecule has 0 fully saturated rings. The molecule has 0 aliphatic heterocycles. The minimum Gasteiger partial charge on any atom is -0.369 e. The predicted octanol–water partition coefficient (Wildman–Crippen LogP) is 3.44. The lowest BCUT2D eigenvalue weighted by atomic mass is 10.3. The van der Waals surface area contributed by atoms with Crippen LogP contribution in [-0.2, 0) is 0 Å². The smallest absolute Gasteiger partial charge is 0.134 e. The summed E-state index contributed by atoms with van der Waals surface area (Å²) in [5.74, 6) is 1.01. The Morgan fingerprint density at radius 3 is 3.00 bits per heavy atom. The third-order valence-corrected chi connectivity index (χ3v) is 4.12. The molecule has 0 saturated carbocycles. The molecule has 2 rings (SSSR count). The predicted molar refractivity (Wildman–Crippen MR) is 80.5 cm³/mol. The van der Waals surface area contributed by atoms with Crippen LogP contribution in [-0.4, -0.2) is 36.1 Å². The molecular formula is C14H21N3S. The Kier molecular flexibility index (Phi) is 4.55. The minimum absolute atomic E-state index is 0.614. The van der Waals surface area contributed by atoms with Crippen LogP contribution in [0.2, 0.25) is 0 Å². The van der Waals surface area contributed by atoms with Gasteiger partial charge in [-0.25, -0.2) is 4.98 Å². The van der Waals surface area contributed by atoms with E-state index in [0.717, 1.165) is 25.3 Å². The van der Waals surface area contributed by atoms with Crippen LogP contribution in [0.1, 0.15) is 20.3 Å². The van der Waals surface area contributed by atoms with Crippen molar-refractivity contribution in [1.29, 1.82) is 0 Å². The molecule has 0 saturated heterocycles. The molecule has 2 aromatic heterocycles. The fraction of sp³-hybridized carbons (Fsp3) is 0.500. The Morgan fingerprint density at radius 2 is 2.22 bits per heavy atom. The topological polar surface area (TPSA) is 28.2 Å². The third kappa shape index (κ3) is 3.21. The molecular weight excluding hydrogens is 242 g/mol. The highest BCUT2D eigenvalue weighted by Crippen LogP contribution is 2.25. The average molecular weight is 263 g/mol. The van der Waals surface area contributed by atoms with Crippen LogP contribution >= 0.6 is 11.3 Å². The van der Waals surface area contributed by atoms with Crippen LogP contribution in [0.25, 0.3) is 10.1 Å². The minimum atomic E-state index is 0.614. The van der Waals surface area contributed by atoms with E-state index >= 15 is 0 Å². The summed E-state index contributed by atoms with van der Waals surface area (Å²) in [6.45, 7) is 6.53. The second-order valence-corrected chi connectivity index (χ2v) is 5.79. The molecule has 2 heterocycles. The van der Waals surface area contributed by atoms with Crippen molar-refractivity contribution in [1.82, 2.24) is 9.88 Å². The molecule has 0 unspecified atom stereocenters. The molecule has 0 spiro atoms. The second kappa shape index (κ2) is 6.16. The van der Waals surface area contributed by atoms with Crippen molar-refractivity contribution < 1.29 is 0 Å². The zero-order valence-electron chi connectivity index (χ0n) is 11.3. The fourth-order valence-corrected chi connectivity index (χ4v) is 2.61. The fourth-order valence-electron chi connectivity index (χ4n) is 1.83. The number of hydrogen-bond acceptors (Lipinski definition) is 4. The van der Waals surface area contributed by atoms with Gasteiger partial charge in [0.2, 0.25) is 0 Å². The van der Waals surface area contributed by atoms with E-state index in [9.17, 15) is 0 Å². The van der Waals surface area contributed by atoms with E-state index in [1.165, 1.54) is 10.1 Å². The Morgan fingerprint density at radius 1 is 1.39 bits per heavy atom. The van der Waals surface area contributed by atoms with Crippen LogP contribution in [0.15, 0.2) is 23.7 Å². The summed E-state index contributed by atoms with van der Waals surface area (Å²) in [6, 6.07) is 4.82. The summed E-state index contributed by atoms with van der Waals surface area (Å²) >= 11 is 1.76. The first kappa shape index (κ1) is 13.3. The van der Waals surface area contributed by atoms with Crippen LogP contribution in [0.4, 0.5) is 5.82 Å². The van der Waals surface area contributed by atoms with Gasteiger partial charge in [-0.3, -0.25) is 0 Å². The monoisotopic (exact) mass is 263 g/mol. The Balaban J connectivity index is 1.85. The first-order valence-electron chi connectivity index (χ1n) is 6.45. The number of rotatable bonds is 6. The van der Waals surface area contributed by atoms with Gasteiger partial charge in [0.1, 0.15) is 5.82 Å². The maximum Gasteiger partial charge on any atom is 0.134 e. The first-order chi connectivity index (χ1) is 8.68. The van der Waals surface area contributed by atoms with Gasteiger partial charge in [0.25, 0.3) is 0 Å². The van der Waals surface area contributed by atoms with Crippen molar-refractivity contribution in [3.8, 4) is 0 Å². The highest BCUT2D eigenvalue weighted by molar-refractivity contribution is 7.17. The third-order valence-electron chi connectivity index (χ3n) is 3.24. The van der Waals surface area contributed by atoms with Gasteiger partial charge in [-0.2, -0.15) is 0 Å². The lowest BCUT2D eigenvalue weighted by molar-refractivity contribution is 0.273. The van der Waals surface area contributed by atoms with E-state index < -0.39 is 0 Å². The molecule has 1 N–H and O–H groups in total. The van der Waals surface area contributed by atoms with Crippen LogP contribution in [0.5, 0.6) is 0 Å². The van der Waals surface area contributed by atoms with Gasteiger partial charge < -0.3 is 10.2 Å². The summed E-state index contributed by atoms with van der Waals surface area (Å²) < 4.78 is 1.30. The summed E-state index contributed by atoms with van der Waals surface area (Å²) in [7, 11) is 2.17. The van der Waals surface area contributed by atoms with Gasteiger partial charge in [0.05, 0.1) is 0 Å². The second-order valence-electron chi connectivity index (χ2n) is 4.85. The molecule has 3 nitrogen and oxygen atoms in total. The van der Waals surface area contributed by atoms with Crippen LogP contribution < -0.4 is 5.32 Å². The quantitative estimate of drug-likeness (QED) is 0.809. The van der Waals surface area contributed by atoms with E-state index in [1.807, 2.05) is 6.20 Å². The average Bonchev–Trinajstić information content (AvgIpc) is 2.83. The molecule has 18 heavy (non-hydrogen) atoms. The normalized spacial score (nSPS) is 11.6. The number of aromatic nitrogens is 1. The summed E-state index contributed by atoms with van der Waals surface area (Å²) in [6.07, 6.45) is 3.01. The van der Waals surface area contributed by atoms with Crippen LogP contribution in [0, 0.1) is 0 Å². The summed E-state index contributed by atoms with van der Waals surface area (Å²) in [5, 5.41) is 6.79. The number of nitrogens with zero attached hydrogens (tertiary/aromatic N) is 2. The number of hydrogen-bond donors (Lipinski definition) is 1. The van der Waals surface area contributed by atoms with E-state index in [4.69, 9.17) is 0 Å². The standard InChI is InChI=1S/C14H21N3S/c1-11(2)17(3)9-4-7-15-14-12-6-10-18-13(12)5-8-16-14/h5-6,8,10-11H,4,7,9H2,1-3H3,(H,15,16). The zero-order valence-corrected chi connectivity index (χ0v) is 12.1. The van der Waals surface area contributed by atoms with Crippen molar-refractivity contribution >= 4 is 27.2 Å². The van der Waals surface area contributed by atoms with E-state index in [0.29, 0.717) is 6.04 Å². The van der Waals surface area contributed by atoms with Gasteiger partial charge in [0.15, 0.2) is 0 Å². The van der Waals surface area contributed by atoms with Gasteiger partial charge in [-0.15, -0.1) is 11.3 Å². The van der Waals surface area contributed by atoms with E-state index in [2.05, 4.69) is 53.6 Å². The van der Waals surface area contributed by atoms with Gasteiger partial charge >= 0.3 is 0 Å². The highest BCUT2D eigenvalue weighted by atomic mass is 32.1. The molecule has 0 radical (unpaired) electrons. The molecule has 0 atom stereocenters. The van der Waals surface area contributed by atoms with Gasteiger partial charge in [0, 0.05) is 28.9 Å².